The van der Waals surface area contributed by atoms with Crippen molar-refractivity contribution in [1.29, 1.82) is 0 Å². The van der Waals surface area contributed by atoms with Gasteiger partial charge in [-0.05, 0) is 42.8 Å². The molecule has 0 fully saturated rings. The molecule has 0 saturated carbocycles. The van der Waals surface area contributed by atoms with Crippen LogP contribution in [0, 0.1) is 0 Å². The van der Waals surface area contributed by atoms with Crippen molar-refractivity contribution in [3.05, 3.63) is 65.7 Å². The van der Waals surface area contributed by atoms with Gasteiger partial charge in [0.05, 0.1) is 6.61 Å². The first kappa shape index (κ1) is 21.2. The summed E-state index contributed by atoms with van der Waals surface area (Å²) in [4.78, 5) is 35.9. The summed E-state index contributed by atoms with van der Waals surface area (Å²) in [5.41, 5.74) is 5.62. The Hall–Kier alpha value is -3.15. The summed E-state index contributed by atoms with van der Waals surface area (Å²) in [5.74, 6) is -0.237. The summed E-state index contributed by atoms with van der Waals surface area (Å²) in [5, 5.41) is 0. The number of Topliss-reactive ketones (excluding diaryl/α,β-unsaturated/α-hetero) is 1. The predicted molar refractivity (Wildman–Crippen MR) is 107 cm³/mol. The largest absolute Gasteiger partial charge is 0.494 e. The summed E-state index contributed by atoms with van der Waals surface area (Å²) in [6.07, 6.45) is 3.32. The molecule has 0 spiro atoms. The number of hydrogen-bond acceptors (Lipinski definition) is 4. The molecule has 0 unspecified atom stereocenters. The second-order valence-corrected chi connectivity index (χ2v) is 6.37. The number of carbonyl (C=O) groups excluding carboxylic acids is 3. The highest BCUT2D eigenvalue weighted by molar-refractivity contribution is 5.98. The molecule has 0 aliphatic carbocycles. The summed E-state index contributed by atoms with van der Waals surface area (Å²) in [6.45, 7) is 2.80. The number of hydrazine groups is 1. The van der Waals surface area contributed by atoms with Crippen molar-refractivity contribution >= 4 is 17.6 Å². The van der Waals surface area contributed by atoms with Crippen molar-refractivity contribution in [2.75, 3.05) is 6.61 Å². The van der Waals surface area contributed by atoms with Crippen LogP contribution >= 0.6 is 0 Å². The molecule has 2 amide bonds. The fourth-order valence-electron chi connectivity index (χ4n) is 2.50. The van der Waals surface area contributed by atoms with E-state index < -0.39 is 11.8 Å². The van der Waals surface area contributed by atoms with Crippen LogP contribution in [0.3, 0.4) is 0 Å². The molecule has 0 aromatic heterocycles. The first-order valence-electron chi connectivity index (χ1n) is 9.50. The Bertz CT molecular complexity index is 773. The molecule has 6 nitrogen and oxygen atoms in total. The Kier molecular flexibility index (Phi) is 8.72. The van der Waals surface area contributed by atoms with Crippen molar-refractivity contribution in [2.24, 2.45) is 0 Å². The Morgan fingerprint density at radius 2 is 1.54 bits per heavy atom. The lowest BCUT2D eigenvalue weighted by molar-refractivity contribution is -0.121. The second kappa shape index (κ2) is 11.5. The lowest BCUT2D eigenvalue weighted by Gasteiger charge is -2.08. The Morgan fingerprint density at radius 1 is 0.821 bits per heavy atom. The zero-order valence-electron chi connectivity index (χ0n) is 16.1. The van der Waals surface area contributed by atoms with Crippen LogP contribution in [-0.4, -0.2) is 24.2 Å². The van der Waals surface area contributed by atoms with Crippen LogP contribution in [0.2, 0.25) is 0 Å². The van der Waals surface area contributed by atoms with Gasteiger partial charge in [0.25, 0.3) is 5.91 Å². The van der Waals surface area contributed by atoms with E-state index in [9.17, 15) is 14.4 Å². The average Bonchev–Trinajstić information content (AvgIpc) is 2.74. The first-order valence-corrected chi connectivity index (χ1v) is 9.50. The van der Waals surface area contributed by atoms with Crippen LogP contribution in [0.4, 0.5) is 0 Å². The van der Waals surface area contributed by atoms with Crippen LogP contribution in [0.15, 0.2) is 54.6 Å². The first-order chi connectivity index (χ1) is 13.6. The number of ether oxygens (including phenoxy) is 1. The lowest BCUT2D eigenvalue weighted by atomic mass is 10.1. The van der Waals surface area contributed by atoms with Crippen molar-refractivity contribution in [2.45, 2.75) is 39.0 Å². The van der Waals surface area contributed by atoms with Gasteiger partial charge in [-0.25, -0.2) is 0 Å². The van der Waals surface area contributed by atoms with Crippen molar-refractivity contribution in [3.8, 4) is 5.75 Å². The number of ketones is 1. The maximum absolute atomic E-state index is 12.2. The van der Waals surface area contributed by atoms with Gasteiger partial charge in [-0.3, -0.25) is 25.2 Å². The van der Waals surface area contributed by atoms with Crippen molar-refractivity contribution in [1.82, 2.24) is 10.9 Å². The molecule has 2 N–H and O–H groups in total. The second-order valence-electron chi connectivity index (χ2n) is 6.37. The zero-order valence-corrected chi connectivity index (χ0v) is 16.1. The van der Waals surface area contributed by atoms with E-state index in [1.165, 1.54) is 0 Å². The number of nitrogens with one attached hydrogen (secondary N) is 2. The highest BCUT2D eigenvalue weighted by Gasteiger charge is 2.11. The van der Waals surface area contributed by atoms with Gasteiger partial charge in [0.2, 0.25) is 5.91 Å². The maximum atomic E-state index is 12.2. The van der Waals surface area contributed by atoms with Crippen molar-refractivity contribution in [3.63, 3.8) is 0 Å². The summed E-state index contributed by atoms with van der Waals surface area (Å²) < 4.78 is 5.62. The Morgan fingerprint density at radius 3 is 2.21 bits per heavy atom. The number of amides is 2. The van der Waals surface area contributed by atoms with E-state index in [1.54, 1.807) is 54.6 Å². The number of hydrogen-bond donors (Lipinski definition) is 2. The van der Waals surface area contributed by atoms with Gasteiger partial charge >= 0.3 is 0 Å². The molecule has 2 aromatic carbocycles. The number of unbranched alkanes of at least 4 members (excludes halogenated alkanes) is 2. The van der Waals surface area contributed by atoms with Gasteiger partial charge in [0, 0.05) is 24.0 Å². The highest BCUT2D eigenvalue weighted by atomic mass is 16.5. The third kappa shape index (κ3) is 7.23. The van der Waals surface area contributed by atoms with Gasteiger partial charge in [0.15, 0.2) is 5.78 Å². The average molecular weight is 382 g/mol. The molecule has 0 radical (unpaired) electrons. The molecule has 2 aromatic rings. The molecule has 2 rings (SSSR count). The highest BCUT2D eigenvalue weighted by Crippen LogP contribution is 2.14. The molecular formula is C22H26N2O4. The van der Waals surface area contributed by atoms with Crippen LogP contribution < -0.4 is 15.6 Å². The smallest absolute Gasteiger partial charge is 0.269 e. The molecule has 0 aliphatic heterocycles. The normalized spacial score (nSPS) is 10.2. The predicted octanol–water partition coefficient (Wildman–Crippen LogP) is 3.68. The summed E-state index contributed by atoms with van der Waals surface area (Å²) in [7, 11) is 0. The number of carbonyl (C=O) groups is 3. The van der Waals surface area contributed by atoms with Crippen LogP contribution in [-0.2, 0) is 4.79 Å². The van der Waals surface area contributed by atoms with E-state index in [2.05, 4.69) is 17.8 Å². The topological polar surface area (TPSA) is 84.5 Å². The number of rotatable bonds is 10. The number of benzene rings is 2. The molecule has 28 heavy (non-hydrogen) atoms. The van der Waals surface area contributed by atoms with Gasteiger partial charge in [0.1, 0.15) is 5.75 Å². The van der Waals surface area contributed by atoms with E-state index >= 15 is 0 Å². The fourth-order valence-corrected chi connectivity index (χ4v) is 2.50. The molecule has 0 aliphatic rings. The SMILES string of the molecule is CCCCCOc1ccc(C(=O)CCC(=O)NNC(=O)c2ccccc2)cc1. The zero-order chi connectivity index (χ0) is 20.2. The maximum Gasteiger partial charge on any atom is 0.269 e. The van der Waals surface area contributed by atoms with Gasteiger partial charge in [-0.15, -0.1) is 0 Å². The van der Waals surface area contributed by atoms with Gasteiger partial charge in [-0.2, -0.15) is 0 Å². The monoisotopic (exact) mass is 382 g/mol. The summed E-state index contributed by atoms with van der Waals surface area (Å²) in [6, 6.07) is 15.5. The summed E-state index contributed by atoms with van der Waals surface area (Å²) >= 11 is 0. The molecule has 0 atom stereocenters. The third-order valence-corrected chi connectivity index (χ3v) is 4.12. The van der Waals surface area contributed by atoms with Gasteiger partial charge < -0.3 is 4.74 Å². The quantitative estimate of drug-likeness (QED) is 0.373. The Balaban J connectivity index is 1.71. The van der Waals surface area contributed by atoms with Crippen molar-refractivity contribution < 1.29 is 19.1 Å². The minimum absolute atomic E-state index is 0.0107. The van der Waals surface area contributed by atoms with Gasteiger partial charge in [-0.1, -0.05) is 38.0 Å². The minimum atomic E-state index is -0.423. The Labute approximate surface area is 165 Å². The molecule has 0 saturated heterocycles. The third-order valence-electron chi connectivity index (χ3n) is 4.12. The molecule has 0 heterocycles. The molecule has 0 bridgehead atoms. The van der Waals surface area contributed by atoms with Crippen LogP contribution in [0.25, 0.3) is 0 Å². The molecular weight excluding hydrogens is 356 g/mol. The van der Waals surface area contributed by atoms with E-state index in [1.807, 2.05) is 0 Å². The van der Waals surface area contributed by atoms with Crippen LogP contribution in [0.5, 0.6) is 5.75 Å². The lowest BCUT2D eigenvalue weighted by Crippen LogP contribution is -2.41. The molecule has 148 valence electrons. The van der Waals surface area contributed by atoms with Crippen LogP contribution in [0.1, 0.15) is 59.7 Å². The fraction of sp³-hybridized carbons (Fsp3) is 0.318. The standard InChI is InChI=1S/C22H26N2O4/c1-2-3-7-16-28-19-12-10-17(11-13-19)20(25)14-15-21(26)23-24-22(27)18-8-5-4-6-9-18/h4-6,8-13H,2-3,7,14-16H2,1H3,(H,23,26)(H,24,27). The van der Waals surface area contributed by atoms with E-state index in [0.717, 1.165) is 25.0 Å². The van der Waals surface area contributed by atoms with E-state index in [0.29, 0.717) is 17.7 Å². The van der Waals surface area contributed by atoms with E-state index in [-0.39, 0.29) is 18.6 Å². The molecule has 6 heteroatoms. The van der Waals surface area contributed by atoms with E-state index in [4.69, 9.17) is 4.74 Å². The minimum Gasteiger partial charge on any atom is -0.494 e.